The van der Waals surface area contributed by atoms with E-state index in [4.69, 9.17) is 0 Å². The number of aromatic nitrogens is 2. The van der Waals surface area contributed by atoms with Gasteiger partial charge in [-0.3, -0.25) is 4.68 Å². The van der Waals surface area contributed by atoms with Gasteiger partial charge in [0, 0.05) is 31.9 Å². The third-order valence-corrected chi connectivity index (χ3v) is 4.52. The van der Waals surface area contributed by atoms with Crippen molar-refractivity contribution in [2.24, 2.45) is 18.9 Å². The quantitative estimate of drug-likeness (QED) is 0.811. The van der Waals surface area contributed by atoms with Crippen LogP contribution in [0.1, 0.15) is 39.2 Å². The number of nitrogens with one attached hydrogen (secondary N) is 1. The van der Waals surface area contributed by atoms with E-state index in [0.717, 1.165) is 18.0 Å². The molecule has 4 nitrogen and oxygen atoms in total. The van der Waals surface area contributed by atoms with Crippen molar-refractivity contribution in [3.8, 4) is 0 Å². The Kier molecular flexibility index (Phi) is 4.66. The van der Waals surface area contributed by atoms with Crippen molar-refractivity contribution >= 4 is 0 Å². The maximum atomic E-state index is 10.5. The topological polar surface area (TPSA) is 50.1 Å². The van der Waals surface area contributed by atoms with Crippen molar-refractivity contribution in [2.45, 2.75) is 39.2 Å². The largest absolute Gasteiger partial charge is 0.384 e. The third kappa shape index (κ3) is 3.49. The second-order valence-electron chi connectivity index (χ2n) is 6.42. The highest BCUT2D eigenvalue weighted by Gasteiger charge is 2.26. The number of allylic oxidation sites excluding steroid dienone is 1. The van der Waals surface area contributed by atoms with Gasteiger partial charge in [-0.05, 0) is 38.5 Å². The number of hydrogen-bond acceptors (Lipinski definition) is 3. The van der Waals surface area contributed by atoms with Crippen LogP contribution in [0.2, 0.25) is 0 Å². The Balaban J connectivity index is 1.89. The Hall–Kier alpha value is -1.13. The summed E-state index contributed by atoms with van der Waals surface area (Å²) in [6.45, 7) is 7.86. The maximum Gasteiger partial charge on any atom is 0.102 e. The number of aliphatic hydroxyl groups is 1. The van der Waals surface area contributed by atoms with E-state index in [1.54, 1.807) is 10.9 Å². The van der Waals surface area contributed by atoms with E-state index in [1.807, 2.05) is 20.2 Å². The van der Waals surface area contributed by atoms with Crippen molar-refractivity contribution in [1.82, 2.24) is 15.1 Å². The summed E-state index contributed by atoms with van der Waals surface area (Å²) in [4.78, 5) is 0. The molecule has 112 valence electrons. The minimum absolute atomic E-state index is 0.551. The summed E-state index contributed by atoms with van der Waals surface area (Å²) in [6.07, 6.45) is 8.43. The Morgan fingerprint density at radius 2 is 2.30 bits per heavy atom. The van der Waals surface area contributed by atoms with Crippen LogP contribution in [0.5, 0.6) is 0 Å². The van der Waals surface area contributed by atoms with Crippen LogP contribution in [-0.4, -0.2) is 28.0 Å². The fraction of sp³-hybridized carbons (Fsp3) is 0.688. The van der Waals surface area contributed by atoms with Crippen molar-refractivity contribution in [1.29, 1.82) is 0 Å². The van der Waals surface area contributed by atoms with Gasteiger partial charge in [0.25, 0.3) is 0 Å². The van der Waals surface area contributed by atoms with E-state index in [9.17, 15) is 5.11 Å². The lowest BCUT2D eigenvalue weighted by atomic mass is 9.80. The Labute approximate surface area is 121 Å². The monoisotopic (exact) mass is 277 g/mol. The second kappa shape index (κ2) is 6.10. The molecule has 0 aromatic carbocycles. The number of aryl methyl sites for hydroxylation is 1. The van der Waals surface area contributed by atoms with E-state index in [-0.39, 0.29) is 0 Å². The molecule has 1 aromatic heterocycles. The molecule has 0 fully saturated rings. The standard InChI is InChI=1S/C16H27N3O/c1-12-6-5-7-13(2)15(12)9-17-11-16(3,20)14-8-18-19(4)10-14/h6,8,10,13,15,17,20H,5,7,9,11H2,1-4H3/t13-,15+,16-/m0/s1. The lowest BCUT2D eigenvalue weighted by Gasteiger charge is -2.30. The molecule has 3 atom stereocenters. The average molecular weight is 277 g/mol. The normalized spacial score (nSPS) is 26.1. The second-order valence-corrected chi connectivity index (χ2v) is 6.42. The summed E-state index contributed by atoms with van der Waals surface area (Å²) in [5.74, 6) is 1.31. The zero-order valence-corrected chi connectivity index (χ0v) is 13.1. The van der Waals surface area contributed by atoms with Gasteiger partial charge in [0.05, 0.1) is 6.20 Å². The fourth-order valence-electron chi connectivity index (χ4n) is 3.01. The first-order valence-electron chi connectivity index (χ1n) is 7.49. The first-order chi connectivity index (χ1) is 9.40. The van der Waals surface area contributed by atoms with E-state index in [0.29, 0.717) is 12.5 Å². The first-order valence-corrected chi connectivity index (χ1v) is 7.49. The highest BCUT2D eigenvalue weighted by Crippen LogP contribution is 2.29. The molecule has 0 radical (unpaired) electrons. The molecule has 0 spiro atoms. The fourth-order valence-corrected chi connectivity index (χ4v) is 3.01. The number of nitrogens with zero attached hydrogens (tertiary/aromatic N) is 2. The van der Waals surface area contributed by atoms with Gasteiger partial charge in [0.2, 0.25) is 0 Å². The van der Waals surface area contributed by atoms with Crippen molar-refractivity contribution < 1.29 is 5.11 Å². The van der Waals surface area contributed by atoms with Gasteiger partial charge >= 0.3 is 0 Å². The van der Waals surface area contributed by atoms with E-state index < -0.39 is 5.60 Å². The molecular weight excluding hydrogens is 250 g/mol. The van der Waals surface area contributed by atoms with E-state index >= 15 is 0 Å². The van der Waals surface area contributed by atoms with Crippen LogP contribution in [0, 0.1) is 11.8 Å². The summed E-state index contributed by atoms with van der Waals surface area (Å²) in [5.41, 5.74) is 1.47. The number of hydrogen-bond donors (Lipinski definition) is 2. The Bertz CT molecular complexity index is 476. The van der Waals surface area contributed by atoms with Crippen LogP contribution >= 0.6 is 0 Å². The van der Waals surface area contributed by atoms with Gasteiger partial charge in [-0.1, -0.05) is 18.6 Å². The molecular formula is C16H27N3O. The van der Waals surface area contributed by atoms with Gasteiger partial charge in [0.1, 0.15) is 5.60 Å². The summed E-state index contributed by atoms with van der Waals surface area (Å²) in [6, 6.07) is 0. The van der Waals surface area contributed by atoms with Crippen molar-refractivity contribution in [3.63, 3.8) is 0 Å². The van der Waals surface area contributed by atoms with E-state index in [2.05, 4.69) is 30.3 Å². The lowest BCUT2D eigenvalue weighted by Crippen LogP contribution is -2.39. The molecule has 20 heavy (non-hydrogen) atoms. The number of rotatable bonds is 5. The molecule has 0 unspecified atom stereocenters. The van der Waals surface area contributed by atoms with Gasteiger partial charge in [-0.25, -0.2) is 0 Å². The molecule has 0 aliphatic heterocycles. The van der Waals surface area contributed by atoms with Crippen LogP contribution in [0.4, 0.5) is 0 Å². The van der Waals surface area contributed by atoms with Gasteiger partial charge < -0.3 is 10.4 Å². The third-order valence-electron chi connectivity index (χ3n) is 4.52. The van der Waals surface area contributed by atoms with Crippen molar-refractivity contribution in [2.75, 3.05) is 13.1 Å². The zero-order chi connectivity index (χ0) is 14.8. The van der Waals surface area contributed by atoms with Crippen LogP contribution < -0.4 is 5.32 Å². The average Bonchev–Trinajstić information content (AvgIpc) is 2.80. The minimum atomic E-state index is -0.871. The Morgan fingerprint density at radius 3 is 2.90 bits per heavy atom. The zero-order valence-electron chi connectivity index (χ0n) is 13.1. The van der Waals surface area contributed by atoms with Crippen molar-refractivity contribution in [3.05, 3.63) is 29.6 Å². The smallest absolute Gasteiger partial charge is 0.102 e. The molecule has 1 heterocycles. The van der Waals surface area contributed by atoms with E-state index in [1.165, 1.54) is 18.4 Å². The van der Waals surface area contributed by atoms with Crippen LogP contribution in [0.15, 0.2) is 24.0 Å². The first kappa shape index (κ1) is 15.3. The molecule has 1 aliphatic rings. The molecule has 0 amide bonds. The molecule has 0 saturated carbocycles. The SMILES string of the molecule is CC1=CCC[C@H](C)[C@@H]1CNC[C@](C)(O)c1cnn(C)c1. The lowest BCUT2D eigenvalue weighted by molar-refractivity contribution is 0.0555. The summed E-state index contributed by atoms with van der Waals surface area (Å²) >= 11 is 0. The molecule has 4 heteroatoms. The van der Waals surface area contributed by atoms with Crippen LogP contribution in [0.25, 0.3) is 0 Å². The van der Waals surface area contributed by atoms with Gasteiger partial charge in [-0.15, -0.1) is 0 Å². The summed E-state index contributed by atoms with van der Waals surface area (Å²) in [5, 5.41) is 18.1. The van der Waals surface area contributed by atoms with Crippen LogP contribution in [0.3, 0.4) is 0 Å². The molecule has 2 rings (SSSR count). The molecule has 0 saturated heterocycles. The minimum Gasteiger partial charge on any atom is -0.384 e. The Morgan fingerprint density at radius 1 is 1.55 bits per heavy atom. The predicted octanol–water partition coefficient (Wildman–Crippen LogP) is 2.21. The summed E-state index contributed by atoms with van der Waals surface area (Å²) < 4.78 is 1.72. The molecule has 0 bridgehead atoms. The van der Waals surface area contributed by atoms with Crippen LogP contribution in [-0.2, 0) is 12.6 Å². The summed E-state index contributed by atoms with van der Waals surface area (Å²) in [7, 11) is 1.87. The molecule has 2 N–H and O–H groups in total. The maximum absolute atomic E-state index is 10.5. The molecule has 1 aliphatic carbocycles. The molecule has 1 aromatic rings. The van der Waals surface area contributed by atoms with Gasteiger partial charge in [0.15, 0.2) is 0 Å². The predicted molar refractivity (Wildman–Crippen MR) is 81.3 cm³/mol. The highest BCUT2D eigenvalue weighted by atomic mass is 16.3. The van der Waals surface area contributed by atoms with Gasteiger partial charge in [-0.2, -0.15) is 5.10 Å². The highest BCUT2D eigenvalue weighted by molar-refractivity contribution is 5.15.